The Bertz CT molecular complexity index is 595. The highest BCUT2D eigenvalue weighted by Gasteiger charge is 2.15. The molecule has 1 rings (SSSR count). The molecule has 0 aliphatic heterocycles. The number of ether oxygens (including phenoxy) is 2. The van der Waals surface area contributed by atoms with E-state index in [0.717, 1.165) is 5.71 Å². The van der Waals surface area contributed by atoms with Crippen LogP contribution in [0.1, 0.15) is 19.4 Å². The molecule has 1 aromatic carbocycles. The van der Waals surface area contributed by atoms with Gasteiger partial charge in [-0.2, -0.15) is 0 Å². The minimum absolute atomic E-state index is 0.129. The molecule has 0 fully saturated rings. The minimum atomic E-state index is 0.129. The average Bonchev–Trinajstić information content (AvgIpc) is 2.46. The van der Waals surface area contributed by atoms with Crippen LogP contribution in [-0.2, 0) is 4.84 Å². The van der Waals surface area contributed by atoms with Crippen molar-refractivity contribution in [3.05, 3.63) is 32.2 Å². The number of hydrogen-bond donors (Lipinski definition) is 0. The van der Waals surface area contributed by atoms with Crippen molar-refractivity contribution in [1.29, 1.82) is 0 Å². The summed E-state index contributed by atoms with van der Waals surface area (Å²) in [6.45, 7) is 6.23. The molecule has 0 unspecified atom stereocenters. The van der Waals surface area contributed by atoms with E-state index in [0.29, 0.717) is 27.1 Å². The normalized spacial score (nSPS) is 10.0. The maximum atomic E-state index is 6.28. The van der Waals surface area contributed by atoms with Crippen molar-refractivity contribution in [1.82, 2.24) is 0 Å². The van der Waals surface area contributed by atoms with Crippen LogP contribution in [0.15, 0.2) is 21.8 Å². The van der Waals surface area contributed by atoms with Crippen molar-refractivity contribution in [3.63, 3.8) is 0 Å². The fourth-order valence-corrected chi connectivity index (χ4v) is 2.18. The van der Waals surface area contributed by atoms with Gasteiger partial charge >= 0.3 is 0 Å². The molecule has 0 saturated carbocycles. The molecule has 8 heteroatoms. The lowest BCUT2D eigenvalue weighted by Gasteiger charge is -2.15. The van der Waals surface area contributed by atoms with Crippen molar-refractivity contribution in [3.8, 4) is 11.5 Å². The summed E-state index contributed by atoms with van der Waals surface area (Å²) in [6, 6.07) is 1.63. The Labute approximate surface area is 155 Å². The first-order valence-electron chi connectivity index (χ1n) is 6.71. The van der Waals surface area contributed by atoms with E-state index in [2.05, 4.69) is 5.16 Å². The van der Waals surface area contributed by atoms with E-state index < -0.39 is 0 Å². The highest BCUT2D eigenvalue weighted by atomic mass is 35.5. The number of nitrogens with zero attached hydrogens (tertiary/aromatic N) is 1. The largest absolute Gasteiger partial charge is 0.489 e. The van der Waals surface area contributed by atoms with Crippen LogP contribution in [0.3, 0.4) is 0 Å². The smallest absolute Gasteiger partial charge is 0.157 e. The van der Waals surface area contributed by atoms with Gasteiger partial charge in [-0.1, -0.05) is 51.6 Å². The quantitative estimate of drug-likeness (QED) is 0.315. The molecule has 0 amide bonds. The highest BCUT2D eigenvalue weighted by molar-refractivity contribution is 6.55. The van der Waals surface area contributed by atoms with Crippen LogP contribution in [0.25, 0.3) is 0 Å². The van der Waals surface area contributed by atoms with Gasteiger partial charge in [0.2, 0.25) is 0 Å². The summed E-state index contributed by atoms with van der Waals surface area (Å²) in [4.78, 5) is 5.05. The fourth-order valence-electron chi connectivity index (χ4n) is 1.50. The van der Waals surface area contributed by atoms with Gasteiger partial charge in [-0.3, -0.25) is 0 Å². The lowest BCUT2D eigenvalue weighted by atomic mass is 10.2. The molecule has 23 heavy (non-hydrogen) atoms. The Morgan fingerprint density at radius 3 is 2.48 bits per heavy atom. The van der Waals surface area contributed by atoms with Crippen LogP contribution in [0.5, 0.6) is 11.5 Å². The number of hydrogen-bond acceptors (Lipinski definition) is 4. The predicted molar refractivity (Wildman–Crippen MR) is 96.7 cm³/mol. The van der Waals surface area contributed by atoms with Gasteiger partial charge in [-0.25, -0.2) is 0 Å². The Balaban J connectivity index is 2.73. The fraction of sp³-hybridized carbons (Fsp3) is 0.400. The lowest BCUT2D eigenvalue weighted by Crippen LogP contribution is -2.06. The molecule has 0 bridgehead atoms. The summed E-state index contributed by atoms with van der Waals surface area (Å²) < 4.78 is 11.2. The molecule has 0 radical (unpaired) electrons. The van der Waals surface area contributed by atoms with Crippen molar-refractivity contribution >= 4 is 52.1 Å². The van der Waals surface area contributed by atoms with Crippen LogP contribution in [0.2, 0.25) is 10.0 Å². The van der Waals surface area contributed by atoms with Gasteiger partial charge in [0.1, 0.15) is 23.5 Å². The van der Waals surface area contributed by atoms with E-state index in [4.69, 9.17) is 60.7 Å². The summed E-state index contributed by atoms with van der Waals surface area (Å²) >= 11 is 23.5. The molecule has 128 valence electrons. The molecule has 0 aromatic heterocycles. The Morgan fingerprint density at radius 2 is 1.87 bits per heavy atom. The standard InChI is InChI=1S/C15H17Cl4NO3/c1-9(2)20-23-7-6-22-15-11(16)8-12(10(3)14(15)19)21-5-4-13(17)18/h4,8H,5-7H2,1-3H3. The lowest BCUT2D eigenvalue weighted by molar-refractivity contribution is 0.107. The van der Waals surface area contributed by atoms with E-state index in [1.807, 2.05) is 13.8 Å². The number of benzene rings is 1. The third-order valence-corrected chi connectivity index (χ3v) is 3.56. The zero-order valence-electron chi connectivity index (χ0n) is 13.0. The molecule has 0 heterocycles. The van der Waals surface area contributed by atoms with Crippen LogP contribution in [0.4, 0.5) is 0 Å². The Kier molecular flexibility index (Phi) is 8.92. The topological polar surface area (TPSA) is 40.0 Å². The number of halogens is 4. The Morgan fingerprint density at radius 1 is 1.17 bits per heavy atom. The number of rotatable bonds is 8. The SMILES string of the molecule is CC(C)=NOCCOc1c(Cl)cc(OCC=C(Cl)Cl)c(C)c1Cl. The van der Waals surface area contributed by atoms with E-state index in [1.54, 1.807) is 13.0 Å². The molecule has 0 N–H and O–H groups in total. The summed E-state index contributed by atoms with van der Waals surface area (Å²) in [5, 5.41) is 4.52. The molecule has 0 aliphatic rings. The zero-order valence-corrected chi connectivity index (χ0v) is 16.0. The van der Waals surface area contributed by atoms with E-state index in [9.17, 15) is 0 Å². The van der Waals surface area contributed by atoms with E-state index in [-0.39, 0.29) is 24.3 Å². The van der Waals surface area contributed by atoms with Gasteiger partial charge in [0, 0.05) is 11.6 Å². The number of oxime groups is 1. The van der Waals surface area contributed by atoms with Gasteiger partial charge in [0.05, 0.1) is 15.8 Å². The minimum Gasteiger partial charge on any atom is -0.489 e. The molecule has 4 nitrogen and oxygen atoms in total. The third-order valence-electron chi connectivity index (χ3n) is 2.52. The zero-order chi connectivity index (χ0) is 17.4. The first kappa shape index (κ1) is 20.2. The third kappa shape index (κ3) is 7.08. The first-order chi connectivity index (χ1) is 10.8. The van der Waals surface area contributed by atoms with Crippen molar-refractivity contribution in [2.24, 2.45) is 5.16 Å². The first-order valence-corrected chi connectivity index (χ1v) is 8.22. The molecular formula is C15H17Cl4NO3. The highest BCUT2D eigenvalue weighted by Crippen LogP contribution is 2.40. The molecule has 1 aromatic rings. The summed E-state index contributed by atoms with van der Waals surface area (Å²) in [5.74, 6) is 0.908. The van der Waals surface area contributed by atoms with Gasteiger partial charge in [-0.15, -0.1) is 0 Å². The van der Waals surface area contributed by atoms with E-state index >= 15 is 0 Å². The Hall–Kier alpha value is -0.810. The predicted octanol–water partition coefficient (Wildman–Crippen LogP) is 5.79. The molecule has 0 spiro atoms. The maximum Gasteiger partial charge on any atom is 0.157 e. The second-order valence-electron chi connectivity index (χ2n) is 4.65. The van der Waals surface area contributed by atoms with Gasteiger partial charge < -0.3 is 14.3 Å². The van der Waals surface area contributed by atoms with Crippen molar-refractivity contribution in [2.75, 3.05) is 19.8 Å². The summed E-state index contributed by atoms with van der Waals surface area (Å²) in [6.07, 6.45) is 1.52. The maximum absolute atomic E-state index is 6.28. The summed E-state index contributed by atoms with van der Waals surface area (Å²) in [7, 11) is 0. The van der Waals surface area contributed by atoms with Crippen LogP contribution in [0, 0.1) is 6.92 Å². The summed E-state index contributed by atoms with van der Waals surface area (Å²) in [5.41, 5.74) is 1.53. The molecular weight excluding hydrogens is 384 g/mol. The van der Waals surface area contributed by atoms with E-state index in [1.165, 1.54) is 6.08 Å². The van der Waals surface area contributed by atoms with Crippen LogP contribution in [-0.4, -0.2) is 25.5 Å². The van der Waals surface area contributed by atoms with Gasteiger partial charge in [0.25, 0.3) is 0 Å². The van der Waals surface area contributed by atoms with Crippen molar-refractivity contribution in [2.45, 2.75) is 20.8 Å². The van der Waals surface area contributed by atoms with Crippen LogP contribution < -0.4 is 9.47 Å². The van der Waals surface area contributed by atoms with Gasteiger partial charge in [0.15, 0.2) is 12.4 Å². The second kappa shape index (κ2) is 10.1. The average molecular weight is 401 g/mol. The van der Waals surface area contributed by atoms with Gasteiger partial charge in [-0.05, 0) is 26.8 Å². The van der Waals surface area contributed by atoms with Crippen molar-refractivity contribution < 1.29 is 14.3 Å². The monoisotopic (exact) mass is 399 g/mol. The molecule has 0 aliphatic carbocycles. The van der Waals surface area contributed by atoms with Crippen LogP contribution >= 0.6 is 46.4 Å². The molecule has 0 atom stereocenters. The molecule has 0 saturated heterocycles. The second-order valence-corrected chi connectivity index (χ2v) is 6.44.